The topological polar surface area (TPSA) is 73.1 Å². The number of aryl methyl sites for hydroxylation is 2. The Labute approximate surface area is 112 Å². The van der Waals surface area contributed by atoms with E-state index in [-0.39, 0.29) is 0 Å². The average Bonchev–Trinajstić information content (AvgIpc) is 2.37. The smallest absolute Gasteiger partial charge is 0.242 e. The minimum absolute atomic E-state index is 0.407. The van der Waals surface area contributed by atoms with Crippen molar-refractivity contribution in [2.75, 3.05) is 17.7 Å². The molecule has 0 aliphatic heterocycles. The van der Waals surface area contributed by atoms with Crippen molar-refractivity contribution >= 4 is 17.2 Å². The lowest BCUT2D eigenvalue weighted by atomic mass is 10.1. The van der Waals surface area contributed by atoms with Crippen molar-refractivity contribution in [2.45, 2.75) is 20.8 Å². The zero-order valence-corrected chi connectivity index (χ0v) is 11.4. The molecule has 0 spiro atoms. The van der Waals surface area contributed by atoms with Crippen LogP contribution in [0.25, 0.3) is 0 Å². The summed E-state index contributed by atoms with van der Waals surface area (Å²) in [5.74, 6) is 0.968. The van der Waals surface area contributed by atoms with Gasteiger partial charge in [0, 0.05) is 5.69 Å². The van der Waals surface area contributed by atoms with Crippen LogP contribution >= 0.6 is 0 Å². The van der Waals surface area contributed by atoms with Gasteiger partial charge in [0.25, 0.3) is 0 Å². The van der Waals surface area contributed by atoms with Gasteiger partial charge in [-0.15, -0.1) is 0 Å². The highest BCUT2D eigenvalue weighted by molar-refractivity contribution is 5.73. The summed E-state index contributed by atoms with van der Waals surface area (Å²) in [4.78, 5) is 8.16. The molecular weight excluding hydrogens is 240 g/mol. The lowest BCUT2D eigenvalue weighted by Crippen LogP contribution is -2.05. The monoisotopic (exact) mass is 258 g/mol. The van der Waals surface area contributed by atoms with Gasteiger partial charge in [0.2, 0.25) is 5.88 Å². The number of nitrogens with one attached hydrogen (secondary N) is 1. The lowest BCUT2D eigenvalue weighted by molar-refractivity contribution is 0.328. The van der Waals surface area contributed by atoms with E-state index in [1.165, 1.54) is 11.9 Å². The largest absolute Gasteiger partial charge is 0.476 e. The fourth-order valence-corrected chi connectivity index (χ4v) is 1.81. The maximum absolute atomic E-state index is 5.98. The van der Waals surface area contributed by atoms with E-state index in [2.05, 4.69) is 28.3 Å². The molecular formula is C14H18N4O. The summed E-state index contributed by atoms with van der Waals surface area (Å²) in [7, 11) is 0. The molecule has 5 heteroatoms. The highest BCUT2D eigenvalue weighted by Crippen LogP contribution is 2.28. The number of ether oxygens (including phenoxy) is 1. The number of hydrogen-bond donors (Lipinski definition) is 2. The summed E-state index contributed by atoms with van der Waals surface area (Å²) in [5.41, 5.74) is 9.73. The van der Waals surface area contributed by atoms with Gasteiger partial charge < -0.3 is 15.8 Å². The summed E-state index contributed by atoms with van der Waals surface area (Å²) >= 11 is 0. The molecule has 0 unspecified atom stereocenters. The first-order valence-electron chi connectivity index (χ1n) is 6.19. The predicted octanol–water partition coefficient (Wildman–Crippen LogP) is 2.82. The van der Waals surface area contributed by atoms with Crippen molar-refractivity contribution in [3.8, 4) is 5.88 Å². The molecule has 0 radical (unpaired) electrons. The zero-order valence-electron chi connectivity index (χ0n) is 11.4. The molecule has 0 aliphatic rings. The number of hydrogen-bond acceptors (Lipinski definition) is 5. The molecule has 2 aromatic rings. The second kappa shape index (κ2) is 5.56. The summed E-state index contributed by atoms with van der Waals surface area (Å²) in [6.45, 7) is 6.50. The summed E-state index contributed by atoms with van der Waals surface area (Å²) in [6.07, 6.45) is 1.44. The van der Waals surface area contributed by atoms with Crippen LogP contribution in [0.2, 0.25) is 0 Å². The summed E-state index contributed by atoms with van der Waals surface area (Å²) in [5, 5.41) is 3.21. The fourth-order valence-electron chi connectivity index (χ4n) is 1.81. The Kier molecular flexibility index (Phi) is 3.85. The quantitative estimate of drug-likeness (QED) is 0.882. The number of benzene rings is 1. The highest BCUT2D eigenvalue weighted by Gasteiger charge is 2.09. The van der Waals surface area contributed by atoms with Gasteiger partial charge in [-0.05, 0) is 32.4 Å². The van der Waals surface area contributed by atoms with Crippen LogP contribution in [0.15, 0.2) is 24.5 Å². The van der Waals surface area contributed by atoms with Crippen LogP contribution < -0.4 is 15.8 Å². The van der Waals surface area contributed by atoms with Gasteiger partial charge in [-0.2, -0.15) is 4.98 Å². The van der Waals surface area contributed by atoms with Crippen LogP contribution in [0.3, 0.4) is 0 Å². The Bertz CT molecular complexity index is 584. The second-order valence-corrected chi connectivity index (χ2v) is 4.32. The van der Waals surface area contributed by atoms with Gasteiger partial charge >= 0.3 is 0 Å². The van der Waals surface area contributed by atoms with Gasteiger partial charge in [0.05, 0.1) is 6.61 Å². The normalized spacial score (nSPS) is 10.3. The van der Waals surface area contributed by atoms with E-state index in [9.17, 15) is 0 Å². The SMILES string of the molecule is CCOc1ncnc(Nc2ccc(C)cc2C)c1N. The van der Waals surface area contributed by atoms with E-state index in [1.54, 1.807) is 0 Å². The number of aromatic nitrogens is 2. The van der Waals surface area contributed by atoms with Gasteiger partial charge in [-0.1, -0.05) is 17.7 Å². The molecule has 0 fully saturated rings. The Hall–Kier alpha value is -2.30. The molecule has 0 saturated carbocycles. The first-order chi connectivity index (χ1) is 9.11. The number of nitrogens with zero attached hydrogens (tertiary/aromatic N) is 2. The number of nitrogens with two attached hydrogens (primary N) is 1. The molecule has 1 aromatic heterocycles. The van der Waals surface area contributed by atoms with E-state index >= 15 is 0 Å². The Morgan fingerprint density at radius 1 is 1.26 bits per heavy atom. The van der Waals surface area contributed by atoms with Crippen LogP contribution in [-0.4, -0.2) is 16.6 Å². The molecule has 0 aliphatic carbocycles. The first kappa shape index (κ1) is 13.1. The van der Waals surface area contributed by atoms with Crippen LogP contribution in [-0.2, 0) is 0 Å². The Morgan fingerprint density at radius 2 is 2.05 bits per heavy atom. The minimum atomic E-state index is 0.407. The van der Waals surface area contributed by atoms with Crippen LogP contribution in [0.5, 0.6) is 5.88 Å². The molecule has 0 atom stereocenters. The molecule has 1 aromatic carbocycles. The van der Waals surface area contributed by atoms with Crippen LogP contribution in [0, 0.1) is 13.8 Å². The molecule has 5 nitrogen and oxygen atoms in total. The van der Waals surface area contributed by atoms with Crippen molar-refractivity contribution in [1.29, 1.82) is 0 Å². The van der Waals surface area contributed by atoms with Crippen molar-refractivity contribution in [1.82, 2.24) is 9.97 Å². The molecule has 2 rings (SSSR count). The summed E-state index contributed by atoms with van der Waals surface area (Å²) < 4.78 is 5.35. The zero-order chi connectivity index (χ0) is 13.8. The van der Waals surface area contributed by atoms with E-state index < -0.39 is 0 Å². The molecule has 0 bridgehead atoms. The third kappa shape index (κ3) is 2.93. The second-order valence-electron chi connectivity index (χ2n) is 4.32. The first-order valence-corrected chi connectivity index (χ1v) is 6.19. The fraction of sp³-hybridized carbons (Fsp3) is 0.286. The van der Waals surface area contributed by atoms with Crippen molar-refractivity contribution in [3.05, 3.63) is 35.7 Å². The summed E-state index contributed by atoms with van der Waals surface area (Å²) in [6, 6.07) is 6.14. The molecule has 100 valence electrons. The van der Waals surface area contributed by atoms with Gasteiger partial charge in [-0.3, -0.25) is 0 Å². The van der Waals surface area contributed by atoms with Gasteiger partial charge in [-0.25, -0.2) is 4.98 Å². The minimum Gasteiger partial charge on any atom is -0.476 e. The standard InChI is InChI=1S/C14H18N4O/c1-4-19-14-12(15)13(16-8-17-14)18-11-6-5-9(2)7-10(11)3/h5-8H,4,15H2,1-3H3,(H,16,17,18). The van der Waals surface area contributed by atoms with E-state index in [0.717, 1.165) is 11.3 Å². The molecule has 0 saturated heterocycles. The van der Waals surface area contributed by atoms with E-state index in [0.29, 0.717) is 24.0 Å². The van der Waals surface area contributed by atoms with Gasteiger partial charge in [0.1, 0.15) is 12.0 Å². The number of nitrogen functional groups attached to an aromatic ring is 1. The number of rotatable bonds is 4. The van der Waals surface area contributed by atoms with Crippen LogP contribution in [0.4, 0.5) is 17.2 Å². The van der Waals surface area contributed by atoms with Gasteiger partial charge in [0.15, 0.2) is 5.82 Å². The lowest BCUT2D eigenvalue weighted by Gasteiger charge is -2.13. The van der Waals surface area contributed by atoms with Crippen molar-refractivity contribution in [2.24, 2.45) is 0 Å². The number of anilines is 3. The third-order valence-electron chi connectivity index (χ3n) is 2.76. The van der Waals surface area contributed by atoms with E-state index in [4.69, 9.17) is 10.5 Å². The molecule has 1 heterocycles. The predicted molar refractivity (Wildman–Crippen MR) is 76.8 cm³/mol. The van der Waals surface area contributed by atoms with Crippen molar-refractivity contribution in [3.63, 3.8) is 0 Å². The third-order valence-corrected chi connectivity index (χ3v) is 2.76. The van der Waals surface area contributed by atoms with Crippen molar-refractivity contribution < 1.29 is 4.74 Å². The maximum Gasteiger partial charge on any atom is 0.242 e. The van der Waals surface area contributed by atoms with E-state index in [1.807, 2.05) is 26.0 Å². The highest BCUT2D eigenvalue weighted by atomic mass is 16.5. The Morgan fingerprint density at radius 3 is 2.74 bits per heavy atom. The average molecular weight is 258 g/mol. The maximum atomic E-state index is 5.98. The Balaban J connectivity index is 2.30. The van der Waals surface area contributed by atoms with Crippen LogP contribution in [0.1, 0.15) is 18.1 Å². The molecule has 19 heavy (non-hydrogen) atoms. The molecule has 0 amide bonds. The molecule has 3 N–H and O–H groups in total.